The molecule has 3 aromatic rings. The number of benzene rings is 1. The molecule has 0 amide bonds. The predicted molar refractivity (Wildman–Crippen MR) is 117 cm³/mol. The summed E-state index contributed by atoms with van der Waals surface area (Å²) in [6.07, 6.45) is 7.27. The summed E-state index contributed by atoms with van der Waals surface area (Å²) in [5.41, 5.74) is 2.35. The van der Waals surface area contributed by atoms with Crippen LogP contribution in [0.5, 0.6) is 0 Å². The Morgan fingerprint density at radius 3 is 2.57 bits per heavy atom. The van der Waals surface area contributed by atoms with Gasteiger partial charge < -0.3 is 4.42 Å². The van der Waals surface area contributed by atoms with Gasteiger partial charge in [0.15, 0.2) is 0 Å². The molecule has 0 N–H and O–H groups in total. The molecule has 1 fully saturated rings. The summed E-state index contributed by atoms with van der Waals surface area (Å²) in [5.74, 6) is 1.43. The van der Waals surface area contributed by atoms with E-state index in [1.54, 1.807) is 12.1 Å². The highest BCUT2D eigenvalue weighted by Crippen LogP contribution is 2.37. The lowest BCUT2D eigenvalue weighted by molar-refractivity contribution is 0.442. The van der Waals surface area contributed by atoms with Gasteiger partial charge in [-0.25, -0.2) is 8.42 Å². The molecule has 0 bridgehead atoms. The van der Waals surface area contributed by atoms with E-state index in [0.717, 1.165) is 18.4 Å². The molecule has 1 aliphatic heterocycles. The van der Waals surface area contributed by atoms with Crippen LogP contribution in [0.1, 0.15) is 49.5 Å². The zero-order chi connectivity index (χ0) is 20.6. The molecule has 0 unspecified atom stereocenters. The first-order chi connectivity index (χ1) is 14.6. The second-order valence-corrected chi connectivity index (χ2v) is 11.0. The lowest BCUT2D eigenvalue weighted by Crippen LogP contribution is -2.34. The van der Waals surface area contributed by atoms with Gasteiger partial charge in [0, 0.05) is 19.0 Å². The highest BCUT2D eigenvalue weighted by molar-refractivity contribution is 7.91. The van der Waals surface area contributed by atoms with Gasteiger partial charge in [-0.15, -0.1) is 21.5 Å². The fraction of sp³-hybridized carbons (Fsp3) is 0.364. The minimum atomic E-state index is -3.55. The average molecular weight is 442 g/mol. The van der Waals surface area contributed by atoms with E-state index in [0.29, 0.717) is 46.3 Å². The van der Waals surface area contributed by atoms with Crippen LogP contribution in [-0.2, 0) is 10.0 Å². The molecule has 0 saturated heterocycles. The van der Waals surface area contributed by atoms with Crippen molar-refractivity contribution in [1.29, 1.82) is 0 Å². The van der Waals surface area contributed by atoms with Gasteiger partial charge in [-0.2, -0.15) is 4.31 Å². The topological polar surface area (TPSA) is 76.3 Å². The summed E-state index contributed by atoms with van der Waals surface area (Å²) in [4.78, 5) is 0.697. The van der Waals surface area contributed by atoms with E-state index >= 15 is 0 Å². The zero-order valence-electron chi connectivity index (χ0n) is 16.5. The molecule has 5 rings (SSSR count). The summed E-state index contributed by atoms with van der Waals surface area (Å²) in [7, 11) is -3.55. The summed E-state index contributed by atoms with van der Waals surface area (Å²) in [6, 6.07) is 13.5. The Morgan fingerprint density at radius 1 is 1.03 bits per heavy atom. The molecule has 6 nitrogen and oxygen atoms in total. The lowest BCUT2D eigenvalue weighted by Gasteiger charge is -2.25. The van der Waals surface area contributed by atoms with Gasteiger partial charge in [0.2, 0.25) is 5.89 Å². The fourth-order valence-electron chi connectivity index (χ4n) is 4.16. The van der Waals surface area contributed by atoms with Crippen molar-refractivity contribution in [2.24, 2.45) is 0 Å². The highest BCUT2D eigenvalue weighted by Gasteiger charge is 2.29. The summed E-state index contributed by atoms with van der Waals surface area (Å²) in [6.45, 7) is 0.856. The molecule has 1 aromatic carbocycles. The van der Waals surface area contributed by atoms with Crippen LogP contribution in [0.15, 0.2) is 57.2 Å². The van der Waals surface area contributed by atoms with E-state index in [-0.39, 0.29) is 0 Å². The van der Waals surface area contributed by atoms with Crippen LogP contribution in [0, 0.1) is 0 Å². The zero-order valence-corrected chi connectivity index (χ0v) is 18.2. The summed E-state index contributed by atoms with van der Waals surface area (Å²) < 4.78 is 34.0. The molecule has 0 atom stereocenters. The minimum Gasteiger partial charge on any atom is -0.420 e. The van der Waals surface area contributed by atoms with Crippen LogP contribution in [0.3, 0.4) is 0 Å². The first-order valence-electron chi connectivity index (χ1n) is 10.3. The Bertz CT molecular complexity index is 1160. The second-order valence-electron chi connectivity index (χ2n) is 7.75. The van der Waals surface area contributed by atoms with Crippen LogP contribution in [0.4, 0.5) is 0 Å². The number of nitrogens with zero attached hydrogens (tertiary/aromatic N) is 3. The Hall–Kier alpha value is -2.29. The Balaban J connectivity index is 1.32. The van der Waals surface area contributed by atoms with Gasteiger partial charge in [-0.05, 0) is 42.5 Å². The molecule has 0 radical (unpaired) electrons. The van der Waals surface area contributed by atoms with Crippen LogP contribution < -0.4 is 0 Å². The van der Waals surface area contributed by atoms with Crippen LogP contribution >= 0.6 is 11.3 Å². The van der Waals surface area contributed by atoms with E-state index in [9.17, 15) is 8.42 Å². The monoisotopic (exact) mass is 441 g/mol. The van der Waals surface area contributed by atoms with Crippen LogP contribution in [0.2, 0.25) is 0 Å². The molecule has 2 aliphatic rings. The Morgan fingerprint density at radius 2 is 1.83 bits per heavy atom. The van der Waals surface area contributed by atoms with E-state index in [2.05, 4.69) is 22.3 Å². The van der Waals surface area contributed by atoms with Gasteiger partial charge in [-0.3, -0.25) is 0 Å². The maximum absolute atomic E-state index is 13.1. The van der Waals surface area contributed by atoms with Crippen molar-refractivity contribution in [3.8, 4) is 10.8 Å². The van der Waals surface area contributed by atoms with Crippen molar-refractivity contribution in [3.05, 3.63) is 60.0 Å². The lowest BCUT2D eigenvalue weighted by atomic mass is 10.0. The summed E-state index contributed by atoms with van der Waals surface area (Å²) in [5, 5.41) is 8.35. The largest absolute Gasteiger partial charge is 0.420 e. The number of thiophene rings is 1. The number of aromatic nitrogens is 2. The molecule has 2 aromatic heterocycles. The number of hydrogen-bond acceptors (Lipinski definition) is 6. The maximum Gasteiger partial charge on any atom is 0.257 e. The van der Waals surface area contributed by atoms with E-state index in [1.165, 1.54) is 34.1 Å². The molecule has 8 heteroatoms. The van der Waals surface area contributed by atoms with Gasteiger partial charge in [0.25, 0.3) is 15.9 Å². The molecule has 1 saturated carbocycles. The van der Waals surface area contributed by atoms with Crippen LogP contribution in [-0.4, -0.2) is 36.0 Å². The summed E-state index contributed by atoms with van der Waals surface area (Å²) >= 11 is 1.19. The van der Waals surface area contributed by atoms with Crippen molar-refractivity contribution in [2.75, 3.05) is 13.1 Å². The minimum absolute atomic E-state index is 0.315. The number of sulfonamides is 1. The van der Waals surface area contributed by atoms with E-state index < -0.39 is 10.0 Å². The Labute approximate surface area is 180 Å². The molecule has 156 valence electrons. The first-order valence-corrected chi connectivity index (χ1v) is 12.5. The van der Waals surface area contributed by atoms with Crippen molar-refractivity contribution >= 4 is 26.9 Å². The third-order valence-corrected chi connectivity index (χ3v) is 9.25. The normalized spacial score (nSPS) is 18.6. The van der Waals surface area contributed by atoms with Gasteiger partial charge in [0.1, 0.15) is 4.21 Å². The molecular weight excluding hydrogens is 418 g/mol. The highest BCUT2D eigenvalue weighted by atomic mass is 32.2. The third kappa shape index (κ3) is 3.75. The van der Waals surface area contributed by atoms with Gasteiger partial charge in [0.05, 0.1) is 4.88 Å². The standard InChI is InChI=1S/C22H23N3O3S2/c26-30(27,25-14-12-17(13-15-25)16-6-2-1-3-7-16)20-11-10-19(29-20)22-24-23-21(28-22)18-8-4-5-9-18/h1-3,6-7,10-12,18H,4-5,8-9,13-15H2. The van der Waals surface area contributed by atoms with Crippen LogP contribution in [0.25, 0.3) is 16.3 Å². The average Bonchev–Trinajstić information content (AvgIpc) is 3.55. The number of rotatable bonds is 5. The SMILES string of the molecule is O=S(=O)(c1ccc(-c2nnc(C3CCCC3)o2)s1)N1CC=C(c2ccccc2)CC1. The van der Waals surface area contributed by atoms with E-state index in [4.69, 9.17) is 4.42 Å². The molecule has 1 aliphatic carbocycles. The Kier molecular flexibility index (Phi) is 5.30. The van der Waals surface area contributed by atoms with Crippen molar-refractivity contribution in [1.82, 2.24) is 14.5 Å². The first kappa shape index (κ1) is 19.7. The third-order valence-electron chi connectivity index (χ3n) is 5.85. The number of hydrogen-bond donors (Lipinski definition) is 0. The molecule has 3 heterocycles. The van der Waals surface area contributed by atoms with Gasteiger partial charge in [-0.1, -0.05) is 49.2 Å². The second kappa shape index (κ2) is 8.09. The van der Waals surface area contributed by atoms with Crippen molar-refractivity contribution in [3.63, 3.8) is 0 Å². The smallest absolute Gasteiger partial charge is 0.257 e. The van der Waals surface area contributed by atoms with Gasteiger partial charge >= 0.3 is 0 Å². The maximum atomic E-state index is 13.1. The fourth-order valence-corrected chi connectivity index (χ4v) is 6.92. The van der Waals surface area contributed by atoms with E-state index in [1.807, 2.05) is 24.3 Å². The van der Waals surface area contributed by atoms with Crippen molar-refractivity contribution in [2.45, 2.75) is 42.2 Å². The quantitative estimate of drug-likeness (QED) is 0.561. The molecular formula is C22H23N3O3S2. The predicted octanol–water partition coefficient (Wildman–Crippen LogP) is 4.93. The molecule has 30 heavy (non-hydrogen) atoms. The van der Waals surface area contributed by atoms with Crippen molar-refractivity contribution < 1.29 is 12.8 Å². The molecule has 0 spiro atoms.